The van der Waals surface area contributed by atoms with Crippen molar-refractivity contribution in [2.45, 2.75) is 43.6 Å². The largest absolute Gasteiger partial charge is 0.377 e. The molecule has 0 N–H and O–H groups in total. The molecule has 0 radical (unpaired) electrons. The number of fused-ring (bicyclic) bond motifs is 2. The minimum Gasteiger partial charge on any atom is -0.377 e. The fourth-order valence-corrected chi connectivity index (χ4v) is 3.91. The van der Waals surface area contributed by atoms with Gasteiger partial charge in [-0.05, 0) is 25.7 Å². The quantitative estimate of drug-likeness (QED) is 0.529. The van der Waals surface area contributed by atoms with Crippen molar-refractivity contribution >= 4 is 11.6 Å². The Morgan fingerprint density at radius 3 is 2.75 bits per heavy atom. The third-order valence-corrected chi connectivity index (χ3v) is 4.90. The highest BCUT2D eigenvalue weighted by Crippen LogP contribution is 2.64. The molecule has 2 heteroatoms. The summed E-state index contributed by atoms with van der Waals surface area (Å²) in [5.74, 6) is 0.695. The Balaban J connectivity index is 1.80. The maximum absolute atomic E-state index is 6.40. The lowest BCUT2D eigenvalue weighted by molar-refractivity contribution is -0.210. The van der Waals surface area contributed by atoms with E-state index in [0.29, 0.717) is 22.8 Å². The molecular weight excluding hydrogens is 172 g/mol. The number of ether oxygens (including phenoxy) is 1. The zero-order valence-electron chi connectivity index (χ0n) is 7.26. The van der Waals surface area contributed by atoms with Crippen molar-refractivity contribution in [2.75, 3.05) is 6.61 Å². The van der Waals surface area contributed by atoms with Gasteiger partial charge >= 0.3 is 0 Å². The van der Waals surface area contributed by atoms with Crippen molar-refractivity contribution in [1.29, 1.82) is 0 Å². The molecule has 0 aromatic carbocycles. The van der Waals surface area contributed by atoms with E-state index in [1.807, 2.05) is 0 Å². The van der Waals surface area contributed by atoms with Gasteiger partial charge in [0.2, 0.25) is 0 Å². The van der Waals surface area contributed by atoms with Crippen LogP contribution in [0.1, 0.15) is 32.1 Å². The second-order valence-electron chi connectivity index (χ2n) is 4.59. The van der Waals surface area contributed by atoms with Crippen molar-refractivity contribution in [2.24, 2.45) is 11.3 Å². The Labute approximate surface area is 78.4 Å². The van der Waals surface area contributed by atoms with Crippen molar-refractivity contribution in [3.05, 3.63) is 0 Å². The van der Waals surface area contributed by atoms with Crippen LogP contribution in [0.15, 0.2) is 0 Å². The molecule has 3 fully saturated rings. The molecule has 1 saturated heterocycles. The smallest absolute Gasteiger partial charge is 0.0687 e. The van der Waals surface area contributed by atoms with Gasteiger partial charge in [0.05, 0.1) is 6.10 Å². The third-order valence-electron chi connectivity index (χ3n) is 4.14. The average molecular weight is 187 g/mol. The summed E-state index contributed by atoms with van der Waals surface area (Å²) in [5, 5.41) is 0.441. The first-order valence-corrected chi connectivity index (χ1v) is 5.54. The molecule has 0 amide bonds. The van der Waals surface area contributed by atoms with E-state index >= 15 is 0 Å². The van der Waals surface area contributed by atoms with Crippen LogP contribution in [-0.2, 0) is 4.74 Å². The standard InChI is InChI=1S/C10H15ClO/c11-8-7-3-1-6-12-9(7)10(8)4-2-5-10/h7-9H,1-6H2/t7-,8+,9-/m0/s1. The Hall–Kier alpha value is 0.250. The van der Waals surface area contributed by atoms with Gasteiger partial charge in [0.25, 0.3) is 0 Å². The van der Waals surface area contributed by atoms with E-state index < -0.39 is 0 Å². The molecule has 3 atom stereocenters. The van der Waals surface area contributed by atoms with Crippen molar-refractivity contribution < 1.29 is 4.74 Å². The zero-order valence-corrected chi connectivity index (χ0v) is 8.02. The van der Waals surface area contributed by atoms with Crippen LogP contribution in [0.3, 0.4) is 0 Å². The van der Waals surface area contributed by atoms with Gasteiger partial charge in [-0.1, -0.05) is 6.42 Å². The zero-order chi connectivity index (χ0) is 8.18. The van der Waals surface area contributed by atoms with Crippen LogP contribution in [0, 0.1) is 11.3 Å². The first-order chi connectivity index (χ1) is 5.84. The molecule has 1 aliphatic heterocycles. The fourth-order valence-electron chi connectivity index (χ4n) is 3.31. The van der Waals surface area contributed by atoms with E-state index in [1.165, 1.54) is 32.1 Å². The van der Waals surface area contributed by atoms with E-state index in [9.17, 15) is 0 Å². The highest BCUT2D eigenvalue weighted by atomic mass is 35.5. The summed E-state index contributed by atoms with van der Waals surface area (Å²) in [6.07, 6.45) is 7.09. The average Bonchev–Trinajstić information content (AvgIpc) is 2.01. The van der Waals surface area contributed by atoms with Crippen molar-refractivity contribution in [3.63, 3.8) is 0 Å². The van der Waals surface area contributed by atoms with Crippen LogP contribution in [0.2, 0.25) is 0 Å². The predicted octanol–water partition coefficient (Wildman–Crippen LogP) is 2.57. The lowest BCUT2D eigenvalue weighted by Crippen LogP contribution is -2.67. The van der Waals surface area contributed by atoms with E-state index in [0.717, 1.165) is 6.61 Å². The molecule has 1 heterocycles. The topological polar surface area (TPSA) is 9.23 Å². The van der Waals surface area contributed by atoms with Crippen LogP contribution in [0.5, 0.6) is 0 Å². The van der Waals surface area contributed by atoms with E-state index in [4.69, 9.17) is 16.3 Å². The molecule has 0 aromatic rings. The number of rotatable bonds is 0. The van der Waals surface area contributed by atoms with Crippen LogP contribution in [-0.4, -0.2) is 18.1 Å². The molecule has 0 unspecified atom stereocenters. The van der Waals surface area contributed by atoms with E-state index in [2.05, 4.69) is 0 Å². The van der Waals surface area contributed by atoms with Crippen molar-refractivity contribution in [3.8, 4) is 0 Å². The van der Waals surface area contributed by atoms with Gasteiger partial charge in [-0.15, -0.1) is 11.6 Å². The van der Waals surface area contributed by atoms with Crippen LogP contribution in [0.25, 0.3) is 0 Å². The summed E-state index contributed by atoms with van der Waals surface area (Å²) in [6, 6.07) is 0. The minimum atomic E-state index is 0.437. The van der Waals surface area contributed by atoms with Crippen LogP contribution < -0.4 is 0 Å². The lowest BCUT2D eigenvalue weighted by Gasteiger charge is -2.65. The second kappa shape index (κ2) is 2.39. The second-order valence-corrected chi connectivity index (χ2v) is 5.06. The number of halogens is 1. The molecular formula is C10H15ClO. The van der Waals surface area contributed by atoms with Gasteiger partial charge in [0, 0.05) is 23.3 Å². The summed E-state index contributed by atoms with van der Waals surface area (Å²) in [5.41, 5.74) is 0.437. The highest BCUT2D eigenvalue weighted by Gasteiger charge is 2.64. The maximum atomic E-state index is 6.40. The summed E-state index contributed by atoms with van der Waals surface area (Å²) in [6.45, 7) is 0.979. The summed E-state index contributed by atoms with van der Waals surface area (Å²) < 4.78 is 5.82. The predicted molar refractivity (Wildman–Crippen MR) is 48.4 cm³/mol. The minimum absolute atomic E-state index is 0.437. The van der Waals surface area contributed by atoms with Gasteiger partial charge in [-0.3, -0.25) is 0 Å². The lowest BCUT2D eigenvalue weighted by atomic mass is 9.48. The summed E-state index contributed by atoms with van der Waals surface area (Å²) in [4.78, 5) is 0. The monoisotopic (exact) mass is 186 g/mol. The first-order valence-electron chi connectivity index (χ1n) is 5.10. The van der Waals surface area contributed by atoms with E-state index in [1.54, 1.807) is 0 Å². The third kappa shape index (κ3) is 0.706. The number of hydrogen-bond acceptors (Lipinski definition) is 1. The molecule has 0 bridgehead atoms. The molecule has 1 spiro atoms. The van der Waals surface area contributed by atoms with E-state index in [-0.39, 0.29) is 0 Å². The summed E-state index contributed by atoms with van der Waals surface area (Å²) in [7, 11) is 0. The number of hydrogen-bond donors (Lipinski definition) is 0. The normalized spacial score (nSPS) is 49.2. The molecule has 3 aliphatic rings. The van der Waals surface area contributed by atoms with Gasteiger partial charge in [-0.2, -0.15) is 0 Å². The SMILES string of the molecule is Cl[C@@H]1[C@@H]2CCCO[C@@H]2C12CCC2. The first kappa shape index (κ1) is 7.64. The molecule has 12 heavy (non-hydrogen) atoms. The van der Waals surface area contributed by atoms with Gasteiger partial charge in [0.1, 0.15) is 0 Å². The van der Waals surface area contributed by atoms with Gasteiger partial charge < -0.3 is 4.74 Å². The van der Waals surface area contributed by atoms with Gasteiger partial charge in [-0.25, -0.2) is 0 Å². The maximum Gasteiger partial charge on any atom is 0.0687 e. The molecule has 0 aromatic heterocycles. The Kier molecular flexibility index (Phi) is 1.52. The molecule has 1 nitrogen and oxygen atoms in total. The Bertz CT molecular complexity index is 200. The Morgan fingerprint density at radius 2 is 2.08 bits per heavy atom. The van der Waals surface area contributed by atoms with Gasteiger partial charge in [0.15, 0.2) is 0 Å². The van der Waals surface area contributed by atoms with Crippen LogP contribution >= 0.6 is 11.6 Å². The van der Waals surface area contributed by atoms with Crippen molar-refractivity contribution in [1.82, 2.24) is 0 Å². The molecule has 2 saturated carbocycles. The summed E-state index contributed by atoms with van der Waals surface area (Å²) >= 11 is 6.40. The molecule has 3 rings (SSSR count). The van der Waals surface area contributed by atoms with Crippen LogP contribution in [0.4, 0.5) is 0 Å². The molecule has 68 valence electrons. The Morgan fingerprint density at radius 1 is 1.25 bits per heavy atom. The number of alkyl halides is 1. The molecule has 2 aliphatic carbocycles. The fraction of sp³-hybridized carbons (Fsp3) is 1.00. The highest BCUT2D eigenvalue weighted by molar-refractivity contribution is 6.22.